The van der Waals surface area contributed by atoms with Crippen LogP contribution in [-0.2, 0) is 6.37 Å². The van der Waals surface area contributed by atoms with Crippen molar-refractivity contribution in [3.05, 3.63) is 29.8 Å². The second-order valence-electron chi connectivity index (χ2n) is 3.03. The van der Waals surface area contributed by atoms with E-state index >= 15 is 0 Å². The summed E-state index contributed by atoms with van der Waals surface area (Å²) < 4.78 is 20.8. The van der Waals surface area contributed by atoms with Gasteiger partial charge in [-0.25, -0.2) is 0 Å². The molecule has 0 bridgehead atoms. The topological polar surface area (TPSA) is 9.23 Å². The molecule has 0 unspecified atom stereocenters. The van der Waals surface area contributed by atoms with E-state index < -0.39 is 6.37 Å². The number of benzene rings is 1. The smallest absolute Gasteiger partial charge is 0.118 e. The zero-order valence-corrected chi connectivity index (χ0v) is 7.79. The van der Waals surface area contributed by atoms with Gasteiger partial charge < -0.3 is 4.74 Å². The van der Waals surface area contributed by atoms with Crippen LogP contribution in [0.4, 0.5) is 0 Å². The fourth-order valence-electron chi connectivity index (χ4n) is 1.02. The molecule has 1 aromatic rings. The van der Waals surface area contributed by atoms with E-state index in [9.17, 15) is 0 Å². The zero-order valence-electron chi connectivity index (χ0n) is 9.79. The molecule has 1 heteroatoms. The van der Waals surface area contributed by atoms with Crippen molar-refractivity contribution in [3.8, 4) is 5.75 Å². The maximum Gasteiger partial charge on any atom is 0.118 e. The van der Waals surface area contributed by atoms with Gasteiger partial charge in [-0.3, -0.25) is 0 Å². The van der Waals surface area contributed by atoms with E-state index in [4.69, 9.17) is 7.48 Å². The average molecular weight is 166 g/mol. The summed E-state index contributed by atoms with van der Waals surface area (Å²) in [6.45, 7) is 3.76. The Kier molecular flexibility index (Phi) is 2.26. The first-order valence-electron chi connectivity index (χ1n) is 5.13. The first-order chi connectivity index (χ1) is 6.48. The van der Waals surface area contributed by atoms with E-state index in [1.165, 1.54) is 0 Å². The molecule has 0 aromatic heterocycles. The monoisotopic (exact) mass is 166 g/mol. The quantitative estimate of drug-likeness (QED) is 0.671. The van der Waals surface area contributed by atoms with Crippen molar-refractivity contribution in [1.29, 1.82) is 0 Å². The van der Waals surface area contributed by atoms with Gasteiger partial charge in [0.25, 0.3) is 0 Å². The van der Waals surface area contributed by atoms with E-state index in [0.29, 0.717) is 5.56 Å². The molecule has 0 radical (unpaired) electrons. The molecule has 1 rings (SSSR count). The summed E-state index contributed by atoms with van der Waals surface area (Å²) in [7, 11) is 1.60. The fourth-order valence-corrected chi connectivity index (χ4v) is 1.02. The number of ether oxygens (including phenoxy) is 1. The van der Waals surface area contributed by atoms with Crippen molar-refractivity contribution in [2.75, 3.05) is 7.11 Å². The summed E-state index contributed by atoms with van der Waals surface area (Å²) in [5.41, 5.74) is 0.702. The molecule has 0 aliphatic carbocycles. The van der Waals surface area contributed by atoms with E-state index in [0.717, 1.165) is 5.75 Å². The highest BCUT2D eigenvalue weighted by Gasteiger charge is 1.97. The van der Waals surface area contributed by atoms with Gasteiger partial charge in [-0.05, 0) is 30.0 Å². The summed E-state index contributed by atoms with van der Waals surface area (Å²) in [5, 5.41) is 0. The summed E-state index contributed by atoms with van der Waals surface area (Å²) in [6, 6.07) is 7.13. The lowest BCUT2D eigenvalue weighted by atomic mass is 10.0. The molecule has 0 aliphatic heterocycles. The molecule has 0 fully saturated rings. The minimum atomic E-state index is -1.27. The Labute approximate surface area is 77.2 Å². The zero-order chi connectivity index (χ0) is 10.8. The van der Waals surface area contributed by atoms with Crippen LogP contribution < -0.4 is 4.74 Å². The van der Waals surface area contributed by atoms with Crippen molar-refractivity contribution in [3.63, 3.8) is 0 Å². The largest absolute Gasteiger partial charge is 0.497 e. The molecule has 1 aromatic carbocycles. The lowest BCUT2D eigenvalue weighted by molar-refractivity contribution is 0.414. The standard InChI is InChI=1S/C11H16O/c1-9(2)8-10-4-6-11(12-3)7-5-10/h4-7,9H,8H2,1-3H3/i8D2. The van der Waals surface area contributed by atoms with Crippen molar-refractivity contribution >= 4 is 0 Å². The molecule has 1 nitrogen and oxygen atoms in total. The molecule has 0 saturated heterocycles. The van der Waals surface area contributed by atoms with Crippen LogP contribution in [0.2, 0.25) is 0 Å². The Hall–Kier alpha value is -0.980. The van der Waals surface area contributed by atoms with Crippen LogP contribution in [0, 0.1) is 5.92 Å². The Morgan fingerprint density at radius 2 is 1.92 bits per heavy atom. The van der Waals surface area contributed by atoms with Gasteiger partial charge in [0.1, 0.15) is 5.75 Å². The van der Waals surface area contributed by atoms with Gasteiger partial charge in [0.2, 0.25) is 0 Å². The van der Waals surface area contributed by atoms with E-state index in [-0.39, 0.29) is 5.92 Å². The Balaban J connectivity index is 2.97. The van der Waals surface area contributed by atoms with Gasteiger partial charge in [-0.2, -0.15) is 0 Å². The van der Waals surface area contributed by atoms with Crippen LogP contribution in [-0.4, -0.2) is 7.11 Å². The van der Waals surface area contributed by atoms with E-state index in [2.05, 4.69) is 0 Å². The first kappa shape index (κ1) is 6.53. The van der Waals surface area contributed by atoms with Gasteiger partial charge in [0.15, 0.2) is 0 Å². The predicted octanol–water partition coefficient (Wildman–Crippen LogP) is 2.89. The van der Waals surface area contributed by atoms with Crippen LogP contribution >= 0.6 is 0 Å². The highest BCUT2D eigenvalue weighted by molar-refractivity contribution is 5.27. The van der Waals surface area contributed by atoms with Crippen molar-refractivity contribution < 1.29 is 7.48 Å². The number of rotatable bonds is 3. The number of hydrogen-bond acceptors (Lipinski definition) is 1. The maximum absolute atomic E-state index is 7.88. The fraction of sp³-hybridized carbons (Fsp3) is 0.455. The highest BCUT2D eigenvalue weighted by atomic mass is 16.5. The molecule has 0 amide bonds. The van der Waals surface area contributed by atoms with Crippen LogP contribution in [0.3, 0.4) is 0 Å². The predicted molar refractivity (Wildman–Crippen MR) is 51.5 cm³/mol. The molecule has 0 heterocycles. The minimum Gasteiger partial charge on any atom is -0.497 e. The molecule has 0 atom stereocenters. The van der Waals surface area contributed by atoms with E-state index in [1.807, 2.05) is 13.8 Å². The second-order valence-corrected chi connectivity index (χ2v) is 3.03. The third-order valence-corrected chi connectivity index (χ3v) is 1.55. The van der Waals surface area contributed by atoms with E-state index in [1.54, 1.807) is 31.4 Å². The second kappa shape index (κ2) is 4.15. The lowest BCUT2D eigenvalue weighted by Crippen LogP contribution is -1.93. The Morgan fingerprint density at radius 1 is 1.33 bits per heavy atom. The molecule has 0 N–H and O–H groups in total. The molecular weight excluding hydrogens is 148 g/mol. The van der Waals surface area contributed by atoms with Crippen molar-refractivity contribution in [1.82, 2.24) is 0 Å². The summed E-state index contributed by atoms with van der Waals surface area (Å²) in [6.07, 6.45) is -1.27. The van der Waals surface area contributed by atoms with Gasteiger partial charge in [-0.1, -0.05) is 26.0 Å². The summed E-state index contributed by atoms with van der Waals surface area (Å²) >= 11 is 0. The third-order valence-electron chi connectivity index (χ3n) is 1.55. The number of hydrogen-bond donors (Lipinski definition) is 0. The van der Waals surface area contributed by atoms with Gasteiger partial charge in [0, 0.05) is 2.74 Å². The lowest BCUT2D eigenvalue weighted by Gasteiger charge is -2.05. The highest BCUT2D eigenvalue weighted by Crippen LogP contribution is 2.13. The average Bonchev–Trinajstić information content (AvgIpc) is 2.17. The molecule has 0 spiro atoms. The summed E-state index contributed by atoms with van der Waals surface area (Å²) in [4.78, 5) is 0. The van der Waals surface area contributed by atoms with Crippen molar-refractivity contribution in [2.45, 2.75) is 20.2 Å². The maximum atomic E-state index is 7.88. The van der Waals surface area contributed by atoms with Crippen LogP contribution in [0.25, 0.3) is 0 Å². The Bertz CT molecular complexity index is 291. The van der Waals surface area contributed by atoms with Crippen molar-refractivity contribution in [2.24, 2.45) is 5.92 Å². The molecule has 66 valence electrons. The normalized spacial score (nSPS) is 14.0. The molecule has 12 heavy (non-hydrogen) atoms. The number of methoxy groups -OCH3 is 1. The van der Waals surface area contributed by atoms with Gasteiger partial charge in [-0.15, -0.1) is 0 Å². The molecule has 0 aliphatic rings. The van der Waals surface area contributed by atoms with Crippen LogP contribution in [0.1, 0.15) is 22.2 Å². The van der Waals surface area contributed by atoms with Crippen LogP contribution in [0.15, 0.2) is 24.3 Å². The SMILES string of the molecule is [2H]C([2H])(c1ccc(OC)cc1)C(C)C. The molecular formula is C11H16O. The first-order valence-corrected chi connectivity index (χ1v) is 4.13. The third kappa shape index (κ3) is 2.57. The Morgan fingerprint density at radius 3 is 2.33 bits per heavy atom. The summed E-state index contributed by atoms with van der Waals surface area (Å²) in [5.74, 6) is 0.726. The van der Waals surface area contributed by atoms with Crippen LogP contribution in [0.5, 0.6) is 5.75 Å². The molecule has 0 saturated carbocycles. The van der Waals surface area contributed by atoms with Gasteiger partial charge >= 0.3 is 0 Å². The minimum absolute atomic E-state index is 0.0316. The van der Waals surface area contributed by atoms with Gasteiger partial charge in [0.05, 0.1) is 7.11 Å².